The van der Waals surface area contributed by atoms with Crippen LogP contribution in [0.1, 0.15) is 0 Å². The number of aromatic nitrogens is 3. The highest BCUT2D eigenvalue weighted by atomic mass is 32.2. The lowest BCUT2D eigenvalue weighted by molar-refractivity contribution is 0.122. The van der Waals surface area contributed by atoms with Crippen LogP contribution in [0.2, 0.25) is 0 Å². The summed E-state index contributed by atoms with van der Waals surface area (Å²) in [6, 6.07) is 15.4. The Kier molecular flexibility index (Phi) is 7.12. The summed E-state index contributed by atoms with van der Waals surface area (Å²) >= 11 is 0. The zero-order valence-corrected chi connectivity index (χ0v) is 23.2. The summed E-state index contributed by atoms with van der Waals surface area (Å²) in [6.45, 7) is 3.04. The third kappa shape index (κ3) is 5.19. The van der Waals surface area contributed by atoms with Crippen LogP contribution < -0.4 is 20.1 Å². The molecule has 10 nitrogen and oxygen atoms in total. The maximum atomic E-state index is 14.3. The molecule has 0 spiro atoms. The van der Waals surface area contributed by atoms with Crippen LogP contribution in [0.3, 0.4) is 0 Å². The molecule has 13 heteroatoms. The Labute approximate surface area is 240 Å². The van der Waals surface area contributed by atoms with Crippen molar-refractivity contribution in [1.82, 2.24) is 14.4 Å². The minimum Gasteiger partial charge on any atom is -0.480 e. The van der Waals surface area contributed by atoms with Gasteiger partial charge in [0.25, 0.3) is 10.0 Å². The highest BCUT2D eigenvalue weighted by Crippen LogP contribution is 2.34. The van der Waals surface area contributed by atoms with Crippen LogP contribution in [0.15, 0.2) is 78.0 Å². The van der Waals surface area contributed by atoms with Crippen molar-refractivity contribution in [2.45, 2.75) is 4.90 Å². The number of nitrogens with two attached hydrogens (primary N) is 1. The van der Waals surface area contributed by atoms with Crippen LogP contribution >= 0.6 is 0 Å². The number of ether oxygens (including phenoxy) is 2. The predicted octanol–water partition coefficient (Wildman–Crippen LogP) is 4.57. The minimum absolute atomic E-state index is 0.0251. The number of methoxy groups -OCH3 is 1. The first-order valence-corrected chi connectivity index (χ1v) is 14.4. The van der Waals surface area contributed by atoms with E-state index in [1.54, 1.807) is 12.1 Å². The molecule has 0 saturated carbocycles. The van der Waals surface area contributed by atoms with Crippen LogP contribution in [-0.2, 0) is 14.8 Å². The number of hydrogen-bond acceptors (Lipinski definition) is 8. The number of benzene rings is 2. The normalized spacial score (nSPS) is 13.8. The van der Waals surface area contributed by atoms with E-state index >= 15 is 0 Å². The molecule has 2 aromatic carbocycles. The van der Waals surface area contributed by atoms with Crippen molar-refractivity contribution >= 4 is 32.9 Å². The molecule has 3 N–H and O–H groups in total. The van der Waals surface area contributed by atoms with E-state index in [2.05, 4.69) is 19.6 Å². The molecule has 1 aliphatic rings. The second kappa shape index (κ2) is 10.9. The van der Waals surface area contributed by atoms with Crippen LogP contribution in [0, 0.1) is 11.6 Å². The van der Waals surface area contributed by atoms with Crippen molar-refractivity contribution in [3.63, 3.8) is 0 Å². The molecule has 216 valence electrons. The van der Waals surface area contributed by atoms with E-state index in [0.29, 0.717) is 47.6 Å². The molecule has 4 heterocycles. The van der Waals surface area contributed by atoms with Gasteiger partial charge in [-0.25, -0.2) is 27.2 Å². The van der Waals surface area contributed by atoms with E-state index in [1.165, 1.54) is 19.4 Å². The second-order valence-corrected chi connectivity index (χ2v) is 11.2. The van der Waals surface area contributed by atoms with Crippen molar-refractivity contribution in [3.8, 4) is 28.3 Å². The Morgan fingerprint density at radius 1 is 0.976 bits per heavy atom. The molecule has 0 radical (unpaired) electrons. The Balaban J connectivity index is 1.35. The first-order valence-electron chi connectivity index (χ1n) is 13.0. The summed E-state index contributed by atoms with van der Waals surface area (Å²) in [5.41, 5.74) is 10.8. The lowest BCUT2D eigenvalue weighted by Gasteiger charge is -2.28. The molecule has 1 aliphatic heterocycles. The number of nitrogens with zero attached hydrogens (tertiary/aromatic N) is 4. The molecule has 0 atom stereocenters. The van der Waals surface area contributed by atoms with Gasteiger partial charge in [0.1, 0.15) is 27.9 Å². The first kappa shape index (κ1) is 27.4. The molecule has 0 unspecified atom stereocenters. The molecule has 0 aliphatic carbocycles. The van der Waals surface area contributed by atoms with Crippen LogP contribution in [-0.4, -0.2) is 56.2 Å². The molecule has 3 aromatic heterocycles. The average molecular weight is 593 g/mol. The van der Waals surface area contributed by atoms with Crippen LogP contribution in [0.4, 0.5) is 26.0 Å². The number of morpholine rings is 1. The number of imidazole rings is 1. The van der Waals surface area contributed by atoms with E-state index in [4.69, 9.17) is 15.2 Å². The zero-order valence-electron chi connectivity index (χ0n) is 22.4. The third-order valence-corrected chi connectivity index (χ3v) is 8.37. The summed E-state index contributed by atoms with van der Waals surface area (Å²) < 4.78 is 68.4. The largest absolute Gasteiger partial charge is 0.480 e. The van der Waals surface area contributed by atoms with Gasteiger partial charge < -0.3 is 20.1 Å². The lowest BCUT2D eigenvalue weighted by Crippen LogP contribution is -2.36. The maximum absolute atomic E-state index is 14.3. The molecule has 0 amide bonds. The number of nitrogens with one attached hydrogen (secondary N) is 1. The van der Waals surface area contributed by atoms with Crippen molar-refractivity contribution in [3.05, 3.63) is 84.7 Å². The van der Waals surface area contributed by atoms with Crippen molar-refractivity contribution < 1.29 is 26.7 Å². The third-order valence-electron chi connectivity index (χ3n) is 6.97. The molecular formula is C29H26F2N6O4S. The van der Waals surface area contributed by atoms with Gasteiger partial charge in [0.2, 0.25) is 5.88 Å². The van der Waals surface area contributed by atoms with Crippen LogP contribution in [0.25, 0.3) is 28.0 Å². The van der Waals surface area contributed by atoms with Gasteiger partial charge in [-0.3, -0.25) is 9.12 Å². The van der Waals surface area contributed by atoms with E-state index in [-0.39, 0.29) is 11.6 Å². The zero-order chi connectivity index (χ0) is 29.4. The Morgan fingerprint density at radius 2 is 1.71 bits per heavy atom. The fourth-order valence-corrected chi connectivity index (χ4v) is 6.02. The Hall–Kier alpha value is -4.75. The van der Waals surface area contributed by atoms with Gasteiger partial charge in [0, 0.05) is 53.9 Å². The van der Waals surface area contributed by atoms with E-state index in [9.17, 15) is 17.2 Å². The number of sulfonamides is 1. The summed E-state index contributed by atoms with van der Waals surface area (Å²) in [5, 5.41) is 0. The molecule has 6 rings (SSSR count). The molecule has 5 aromatic rings. The van der Waals surface area contributed by atoms with Gasteiger partial charge in [0.15, 0.2) is 5.82 Å². The Morgan fingerprint density at radius 3 is 2.43 bits per heavy atom. The standard InChI is InChI=1S/C29H26F2N6O4S/c1-40-29-24(35-42(38,39)25-8-5-21(30)15-23(25)31)14-20(16-33-29)19-4-9-26-34-28(32)27(37(26)17-19)18-2-6-22(7-3-18)36-10-12-41-13-11-36/h2-9,14-17,35H,10-13,32H2,1H3. The molecule has 42 heavy (non-hydrogen) atoms. The number of hydrogen-bond donors (Lipinski definition) is 2. The molecular weight excluding hydrogens is 566 g/mol. The van der Waals surface area contributed by atoms with Crippen molar-refractivity contribution in [2.75, 3.05) is 48.8 Å². The number of nitrogen functional groups attached to an aromatic ring is 1. The average Bonchev–Trinajstić information content (AvgIpc) is 3.32. The number of fused-ring (bicyclic) bond motifs is 1. The fraction of sp³-hybridized carbons (Fsp3) is 0.172. The van der Waals surface area contributed by atoms with E-state index in [1.807, 2.05) is 34.9 Å². The minimum atomic E-state index is -4.43. The topological polar surface area (TPSA) is 124 Å². The predicted molar refractivity (Wildman–Crippen MR) is 155 cm³/mol. The van der Waals surface area contributed by atoms with Gasteiger partial charge in [-0.1, -0.05) is 12.1 Å². The number of pyridine rings is 2. The number of anilines is 3. The molecule has 1 saturated heterocycles. The summed E-state index contributed by atoms with van der Waals surface area (Å²) in [6.07, 6.45) is 3.35. The smallest absolute Gasteiger partial charge is 0.264 e. The van der Waals surface area contributed by atoms with Gasteiger partial charge in [-0.15, -0.1) is 0 Å². The lowest BCUT2D eigenvalue weighted by atomic mass is 10.1. The van der Waals surface area contributed by atoms with Gasteiger partial charge in [0.05, 0.1) is 26.0 Å². The van der Waals surface area contributed by atoms with Crippen molar-refractivity contribution in [2.24, 2.45) is 0 Å². The van der Waals surface area contributed by atoms with Crippen molar-refractivity contribution in [1.29, 1.82) is 0 Å². The highest BCUT2D eigenvalue weighted by molar-refractivity contribution is 7.92. The fourth-order valence-electron chi connectivity index (χ4n) is 4.91. The summed E-state index contributed by atoms with van der Waals surface area (Å²) in [5.74, 6) is -1.79. The number of halogens is 2. The monoisotopic (exact) mass is 592 g/mol. The highest BCUT2D eigenvalue weighted by Gasteiger charge is 2.23. The quantitative estimate of drug-likeness (QED) is 0.282. The first-order chi connectivity index (χ1) is 20.2. The molecule has 1 fully saturated rings. The van der Waals surface area contributed by atoms with Gasteiger partial charge in [-0.05, 0) is 42.5 Å². The summed E-state index contributed by atoms with van der Waals surface area (Å²) in [7, 11) is -3.10. The summed E-state index contributed by atoms with van der Waals surface area (Å²) in [4.78, 5) is 10.3. The van der Waals surface area contributed by atoms with Crippen LogP contribution in [0.5, 0.6) is 5.88 Å². The Bertz CT molecular complexity index is 1890. The van der Waals surface area contributed by atoms with Gasteiger partial charge in [-0.2, -0.15) is 0 Å². The molecule has 0 bridgehead atoms. The van der Waals surface area contributed by atoms with E-state index in [0.717, 1.165) is 36.5 Å². The maximum Gasteiger partial charge on any atom is 0.264 e. The van der Waals surface area contributed by atoms with Gasteiger partial charge >= 0.3 is 0 Å². The SMILES string of the molecule is COc1ncc(-c2ccc3nc(N)c(-c4ccc(N5CCOCC5)cc4)n3c2)cc1NS(=O)(=O)c1ccc(F)cc1F. The second-order valence-electron chi connectivity index (χ2n) is 9.60. The van der Waals surface area contributed by atoms with E-state index < -0.39 is 26.6 Å². The number of rotatable bonds is 7.